The van der Waals surface area contributed by atoms with E-state index in [0.29, 0.717) is 18.0 Å². The van der Waals surface area contributed by atoms with Crippen LogP contribution in [0.15, 0.2) is 22.3 Å². The van der Waals surface area contributed by atoms with Crippen molar-refractivity contribution in [3.05, 3.63) is 22.3 Å². The van der Waals surface area contributed by atoms with Crippen LogP contribution in [0.25, 0.3) is 0 Å². The molecule has 40 valence electrons. The van der Waals surface area contributed by atoms with Crippen LogP contribution in [0.4, 0.5) is 0 Å². The molecule has 0 amide bonds. The fraction of sp³-hybridized carbons (Fsp3) is 0. The van der Waals surface area contributed by atoms with Gasteiger partial charge in [0, 0.05) is 0 Å². The molecule has 6 heavy (non-hydrogen) atoms. The molecule has 0 aromatic carbocycles. The van der Waals surface area contributed by atoms with E-state index in [-0.39, 0.29) is 12.4 Å². The number of rotatable bonds is 2. The fourth-order valence-electron chi connectivity index (χ4n) is 0.0527. The average molecular weight is 197 g/mol. The Bertz CT molecular complexity index is 36.8. The fourth-order valence-corrected chi connectivity index (χ4v) is 0.312. The van der Waals surface area contributed by atoms with Gasteiger partial charge in [-0.25, -0.2) is 0 Å². The summed E-state index contributed by atoms with van der Waals surface area (Å²) >= 11 is 0.572. The van der Waals surface area contributed by atoms with E-state index < -0.39 is 0 Å². The Morgan fingerprint density at radius 1 is 1.17 bits per heavy atom. The zero-order chi connectivity index (χ0) is 4.12. The third-order valence-corrected chi connectivity index (χ3v) is 0.882. The Morgan fingerprint density at radius 2 is 1.50 bits per heavy atom. The minimum atomic E-state index is 0. The maximum Gasteiger partial charge on any atom is -0.147 e. The maximum absolute atomic E-state index is 3.50. The van der Waals surface area contributed by atoms with Crippen LogP contribution >= 0.6 is 12.4 Å². The summed E-state index contributed by atoms with van der Waals surface area (Å²) in [6.45, 7) is 7.00. The SMILES string of the molecule is C=[CH][Pd][CH]=C.Cl. The van der Waals surface area contributed by atoms with Gasteiger partial charge in [0.05, 0.1) is 0 Å². The number of halogens is 1. The van der Waals surface area contributed by atoms with Crippen LogP contribution in [0.1, 0.15) is 0 Å². The predicted molar refractivity (Wildman–Crippen MR) is 27.6 cm³/mol. The van der Waals surface area contributed by atoms with E-state index >= 15 is 0 Å². The van der Waals surface area contributed by atoms with Gasteiger partial charge < -0.3 is 0 Å². The topological polar surface area (TPSA) is 0 Å². The van der Waals surface area contributed by atoms with Gasteiger partial charge in [-0.2, -0.15) is 0 Å². The number of hydrogen-bond acceptors (Lipinski definition) is 0. The minimum Gasteiger partial charge on any atom is -0.147 e. The first-order valence-corrected chi connectivity index (χ1v) is 2.98. The van der Waals surface area contributed by atoms with Gasteiger partial charge in [-0.05, 0) is 0 Å². The Morgan fingerprint density at radius 3 is 1.50 bits per heavy atom. The van der Waals surface area contributed by atoms with Gasteiger partial charge >= 0.3 is 40.2 Å². The van der Waals surface area contributed by atoms with Crippen molar-refractivity contribution < 1.29 is 18.0 Å². The first-order chi connectivity index (χ1) is 2.41. The standard InChI is InChI=1S/2C2H3.ClH.Pd/c2*1-2;;/h2*1H,2H2;1H;. The summed E-state index contributed by atoms with van der Waals surface area (Å²) in [6.07, 6.45) is 0. The molecule has 0 aromatic rings. The molecule has 0 N–H and O–H groups in total. The molecule has 0 saturated heterocycles. The molecule has 0 saturated carbocycles. The van der Waals surface area contributed by atoms with E-state index in [2.05, 4.69) is 13.2 Å². The van der Waals surface area contributed by atoms with Crippen LogP contribution in [0.2, 0.25) is 0 Å². The van der Waals surface area contributed by atoms with Gasteiger partial charge in [-0.15, -0.1) is 12.4 Å². The zero-order valence-corrected chi connectivity index (χ0v) is 5.66. The van der Waals surface area contributed by atoms with E-state index in [9.17, 15) is 0 Å². The molecule has 0 unspecified atom stereocenters. The maximum atomic E-state index is 3.50. The third-order valence-electron chi connectivity index (χ3n) is 0.149. The molecule has 0 fully saturated rings. The van der Waals surface area contributed by atoms with Crippen molar-refractivity contribution in [2.24, 2.45) is 0 Å². The van der Waals surface area contributed by atoms with Crippen LogP contribution < -0.4 is 0 Å². The van der Waals surface area contributed by atoms with Gasteiger partial charge in [-0.1, -0.05) is 0 Å². The molecule has 2 heteroatoms. The summed E-state index contributed by atoms with van der Waals surface area (Å²) in [4.78, 5) is 0. The van der Waals surface area contributed by atoms with Crippen LogP contribution in [0.5, 0.6) is 0 Å². The van der Waals surface area contributed by atoms with Gasteiger partial charge in [0.2, 0.25) is 0 Å². The quantitative estimate of drug-likeness (QED) is 0.591. The summed E-state index contributed by atoms with van der Waals surface area (Å²) in [6, 6.07) is 0. The van der Waals surface area contributed by atoms with Crippen LogP contribution in [-0.2, 0) is 18.0 Å². The van der Waals surface area contributed by atoms with E-state index in [0.717, 1.165) is 0 Å². The monoisotopic (exact) mass is 196 g/mol. The predicted octanol–water partition coefficient (Wildman–Crippen LogP) is 1.78. The van der Waals surface area contributed by atoms with Crippen LogP contribution in [-0.4, -0.2) is 0 Å². The molecule has 0 rings (SSSR count). The van der Waals surface area contributed by atoms with E-state index in [4.69, 9.17) is 0 Å². The molecule has 0 heterocycles. The van der Waals surface area contributed by atoms with E-state index in [1.165, 1.54) is 0 Å². The van der Waals surface area contributed by atoms with Gasteiger partial charge in [0.15, 0.2) is 0 Å². The van der Waals surface area contributed by atoms with Crippen molar-refractivity contribution in [3.63, 3.8) is 0 Å². The summed E-state index contributed by atoms with van der Waals surface area (Å²) in [5.74, 6) is 0. The van der Waals surface area contributed by atoms with Crippen molar-refractivity contribution in [1.29, 1.82) is 0 Å². The zero-order valence-electron chi connectivity index (χ0n) is 3.29. The van der Waals surface area contributed by atoms with Crippen molar-refractivity contribution in [1.82, 2.24) is 0 Å². The summed E-state index contributed by atoms with van der Waals surface area (Å²) in [5, 5.41) is 0. The van der Waals surface area contributed by atoms with Gasteiger partial charge in [-0.3, -0.25) is 0 Å². The molecule has 0 aliphatic rings. The van der Waals surface area contributed by atoms with Gasteiger partial charge in [0.1, 0.15) is 0 Å². The Kier molecular flexibility index (Phi) is 14.6. The van der Waals surface area contributed by atoms with Gasteiger partial charge in [0.25, 0.3) is 0 Å². The smallest absolute Gasteiger partial charge is 0.147 e. The van der Waals surface area contributed by atoms with E-state index in [1.54, 1.807) is 0 Å². The van der Waals surface area contributed by atoms with Crippen molar-refractivity contribution in [2.45, 2.75) is 0 Å². The molecule has 0 radical (unpaired) electrons. The Labute approximate surface area is 52.9 Å². The average Bonchev–Trinajstić information content (AvgIpc) is 1.41. The third kappa shape index (κ3) is 8.83. The molecule has 0 aliphatic carbocycles. The minimum absolute atomic E-state index is 0. The summed E-state index contributed by atoms with van der Waals surface area (Å²) in [7, 11) is 0. The molecular weight excluding hydrogens is 190 g/mol. The molecule has 0 nitrogen and oxygen atoms in total. The first-order valence-electron chi connectivity index (χ1n) is 1.18. The molecular formula is C4H7ClPd. The van der Waals surface area contributed by atoms with Crippen molar-refractivity contribution in [3.8, 4) is 0 Å². The second-order valence-electron chi connectivity index (χ2n) is 0.364. The van der Waals surface area contributed by atoms with Crippen molar-refractivity contribution in [2.75, 3.05) is 0 Å². The molecule has 0 aromatic heterocycles. The summed E-state index contributed by atoms with van der Waals surface area (Å²) < 4.78 is 3.72. The first kappa shape index (κ1) is 9.66. The largest absolute Gasteiger partial charge is 0.147 e. The molecule has 0 bridgehead atoms. The van der Waals surface area contributed by atoms with E-state index in [1.807, 2.05) is 9.10 Å². The van der Waals surface area contributed by atoms with Crippen molar-refractivity contribution >= 4 is 12.4 Å². The normalized spacial score (nSPS) is 6.00. The number of hydrogen-bond donors (Lipinski definition) is 0. The second kappa shape index (κ2) is 9.06. The molecule has 0 aliphatic heterocycles. The second-order valence-corrected chi connectivity index (χ2v) is 2.15. The Hall–Kier alpha value is 0.432. The van der Waals surface area contributed by atoms with Crippen LogP contribution in [0, 0.1) is 0 Å². The molecule has 0 atom stereocenters. The summed E-state index contributed by atoms with van der Waals surface area (Å²) in [5.41, 5.74) is 0. The Balaban J connectivity index is 0. The molecule has 0 spiro atoms. The van der Waals surface area contributed by atoms with Crippen LogP contribution in [0.3, 0.4) is 0 Å².